The van der Waals surface area contributed by atoms with Gasteiger partial charge in [0.25, 0.3) is 0 Å². The van der Waals surface area contributed by atoms with Crippen LogP contribution in [0.5, 0.6) is 0 Å². The van der Waals surface area contributed by atoms with Crippen molar-refractivity contribution in [2.24, 2.45) is 0 Å². The molecular weight excluding hydrogens is 232 g/mol. The van der Waals surface area contributed by atoms with Gasteiger partial charge in [0.05, 0.1) is 6.10 Å². The van der Waals surface area contributed by atoms with Gasteiger partial charge < -0.3 is 5.11 Å². The molecule has 1 nitrogen and oxygen atoms in total. The molecule has 0 aliphatic carbocycles. The van der Waals surface area contributed by atoms with Crippen LogP contribution in [0.2, 0.25) is 0 Å². The van der Waals surface area contributed by atoms with Crippen molar-refractivity contribution < 1.29 is 5.11 Å². The first-order valence-corrected chi connectivity index (χ1v) is 6.83. The summed E-state index contributed by atoms with van der Waals surface area (Å²) in [6, 6.07) is 19.1. The molecule has 0 amide bonds. The Morgan fingerprint density at radius 3 is 1.95 bits per heavy atom. The molecule has 19 heavy (non-hydrogen) atoms. The minimum absolute atomic E-state index is 0.00336. The number of hydrogen-bond acceptors (Lipinski definition) is 1. The number of aliphatic hydroxyl groups is 1. The van der Waals surface area contributed by atoms with Gasteiger partial charge in [-0.3, -0.25) is 0 Å². The van der Waals surface area contributed by atoms with E-state index in [0.717, 1.165) is 6.42 Å². The zero-order valence-corrected chi connectivity index (χ0v) is 11.9. The molecular formula is C18H22O. The van der Waals surface area contributed by atoms with Crippen LogP contribution in [0.3, 0.4) is 0 Å². The monoisotopic (exact) mass is 254 g/mol. The van der Waals surface area contributed by atoms with Gasteiger partial charge in [0.2, 0.25) is 0 Å². The lowest BCUT2D eigenvalue weighted by atomic mass is 9.79. The molecule has 0 heterocycles. The molecule has 0 aliphatic heterocycles. The summed E-state index contributed by atoms with van der Waals surface area (Å²) < 4.78 is 0. The third-order valence-electron chi connectivity index (χ3n) is 3.58. The summed E-state index contributed by atoms with van der Waals surface area (Å²) >= 11 is 0. The van der Waals surface area contributed by atoms with Gasteiger partial charge in [-0.1, -0.05) is 68.4 Å². The number of aliphatic hydroxyl groups excluding tert-OH is 1. The Morgan fingerprint density at radius 2 is 1.42 bits per heavy atom. The average Bonchev–Trinajstić information content (AvgIpc) is 2.38. The highest BCUT2D eigenvalue weighted by Gasteiger charge is 2.22. The lowest BCUT2D eigenvalue weighted by Crippen LogP contribution is -2.22. The first kappa shape index (κ1) is 13.8. The van der Waals surface area contributed by atoms with Gasteiger partial charge in [-0.05, 0) is 35.4 Å². The van der Waals surface area contributed by atoms with Crippen LogP contribution < -0.4 is 0 Å². The molecule has 1 unspecified atom stereocenters. The average molecular weight is 254 g/mol. The van der Waals surface area contributed by atoms with E-state index in [1.165, 1.54) is 16.7 Å². The van der Waals surface area contributed by atoms with Crippen LogP contribution in [0.25, 0.3) is 11.1 Å². The summed E-state index contributed by atoms with van der Waals surface area (Å²) in [5, 5.41) is 9.58. The Morgan fingerprint density at radius 1 is 0.895 bits per heavy atom. The fraction of sp³-hybridized carbons (Fsp3) is 0.333. The Labute approximate surface area is 115 Å². The zero-order valence-electron chi connectivity index (χ0n) is 11.9. The van der Waals surface area contributed by atoms with Crippen molar-refractivity contribution in [2.75, 3.05) is 0 Å². The number of hydrogen-bond donors (Lipinski definition) is 1. The molecule has 0 bridgehead atoms. The highest BCUT2D eigenvalue weighted by Crippen LogP contribution is 2.30. The van der Waals surface area contributed by atoms with Crippen LogP contribution in [0.15, 0.2) is 54.6 Å². The van der Waals surface area contributed by atoms with Crippen molar-refractivity contribution >= 4 is 0 Å². The van der Waals surface area contributed by atoms with Crippen LogP contribution in [0, 0.1) is 0 Å². The van der Waals surface area contributed by atoms with E-state index in [1.54, 1.807) is 0 Å². The third-order valence-corrected chi connectivity index (χ3v) is 3.58. The lowest BCUT2D eigenvalue weighted by molar-refractivity contribution is 0.157. The highest BCUT2D eigenvalue weighted by atomic mass is 16.3. The molecule has 100 valence electrons. The molecule has 1 atom stereocenters. The largest absolute Gasteiger partial charge is 0.393 e. The molecule has 0 spiro atoms. The highest BCUT2D eigenvalue weighted by molar-refractivity contribution is 5.63. The molecule has 2 aromatic rings. The van der Waals surface area contributed by atoms with Crippen LogP contribution in [-0.4, -0.2) is 11.2 Å². The maximum atomic E-state index is 9.58. The summed E-state index contributed by atoms with van der Waals surface area (Å²) in [6.07, 6.45) is 0.501. The first-order valence-electron chi connectivity index (χ1n) is 6.83. The molecule has 0 saturated carbocycles. The van der Waals surface area contributed by atoms with E-state index >= 15 is 0 Å². The third kappa shape index (κ3) is 3.45. The van der Waals surface area contributed by atoms with Gasteiger partial charge >= 0.3 is 0 Å². The molecule has 0 radical (unpaired) electrons. The summed E-state index contributed by atoms with van der Waals surface area (Å²) in [7, 11) is 0. The normalized spacial score (nSPS) is 13.3. The Bertz CT molecular complexity index is 509. The van der Waals surface area contributed by atoms with E-state index in [-0.39, 0.29) is 11.5 Å². The van der Waals surface area contributed by atoms with Crippen molar-refractivity contribution in [1.29, 1.82) is 0 Å². The van der Waals surface area contributed by atoms with Crippen LogP contribution in [0.4, 0.5) is 0 Å². The summed E-state index contributed by atoms with van der Waals surface area (Å²) in [5.41, 5.74) is 3.75. The Hall–Kier alpha value is -1.60. The summed E-state index contributed by atoms with van der Waals surface area (Å²) in [5.74, 6) is 0. The van der Waals surface area contributed by atoms with Gasteiger partial charge in [0, 0.05) is 0 Å². The van der Waals surface area contributed by atoms with Crippen molar-refractivity contribution in [3.8, 4) is 11.1 Å². The Kier molecular flexibility index (Phi) is 4.06. The molecule has 1 N–H and O–H groups in total. The molecule has 2 rings (SSSR count). The maximum absolute atomic E-state index is 9.58. The summed E-state index contributed by atoms with van der Waals surface area (Å²) in [4.78, 5) is 0. The van der Waals surface area contributed by atoms with E-state index in [4.69, 9.17) is 0 Å². The molecule has 1 heteroatoms. The SMILES string of the molecule is CC(O)CC(C)(C)c1ccc(-c2ccccc2)cc1. The number of benzene rings is 2. The van der Waals surface area contributed by atoms with Crippen molar-refractivity contribution in [2.45, 2.75) is 38.7 Å². The molecule has 0 aromatic heterocycles. The summed E-state index contributed by atoms with van der Waals surface area (Å²) in [6.45, 7) is 6.20. The predicted octanol–water partition coefficient (Wildman–Crippen LogP) is 4.40. The second kappa shape index (κ2) is 5.58. The fourth-order valence-electron chi connectivity index (χ4n) is 2.60. The minimum Gasteiger partial charge on any atom is -0.393 e. The standard InChI is InChI=1S/C18H22O/c1-14(19)13-18(2,3)17-11-9-16(10-12-17)15-7-5-4-6-8-15/h4-12,14,19H,13H2,1-3H3. The van der Waals surface area contributed by atoms with Crippen molar-refractivity contribution in [3.05, 3.63) is 60.2 Å². The lowest BCUT2D eigenvalue weighted by Gasteiger charge is -2.27. The molecule has 0 aliphatic rings. The van der Waals surface area contributed by atoms with Crippen molar-refractivity contribution in [1.82, 2.24) is 0 Å². The van der Waals surface area contributed by atoms with E-state index in [2.05, 4.69) is 62.4 Å². The minimum atomic E-state index is -0.274. The topological polar surface area (TPSA) is 20.2 Å². The second-order valence-electron chi connectivity index (χ2n) is 5.88. The fourth-order valence-corrected chi connectivity index (χ4v) is 2.60. The first-order chi connectivity index (χ1) is 8.99. The van der Waals surface area contributed by atoms with Gasteiger partial charge in [0.15, 0.2) is 0 Å². The Balaban J connectivity index is 2.24. The van der Waals surface area contributed by atoms with Gasteiger partial charge in [-0.15, -0.1) is 0 Å². The molecule has 0 saturated heterocycles. The molecule has 0 fully saturated rings. The van der Waals surface area contributed by atoms with Gasteiger partial charge in [-0.25, -0.2) is 0 Å². The van der Waals surface area contributed by atoms with Crippen LogP contribution >= 0.6 is 0 Å². The maximum Gasteiger partial charge on any atom is 0.0520 e. The van der Waals surface area contributed by atoms with Gasteiger partial charge in [-0.2, -0.15) is 0 Å². The number of rotatable bonds is 4. The zero-order chi connectivity index (χ0) is 13.9. The molecule has 2 aromatic carbocycles. The smallest absolute Gasteiger partial charge is 0.0520 e. The van der Waals surface area contributed by atoms with E-state index < -0.39 is 0 Å². The van der Waals surface area contributed by atoms with Crippen molar-refractivity contribution in [3.63, 3.8) is 0 Å². The van der Waals surface area contributed by atoms with Crippen LogP contribution in [-0.2, 0) is 5.41 Å². The predicted molar refractivity (Wildman–Crippen MR) is 81.2 cm³/mol. The second-order valence-corrected chi connectivity index (χ2v) is 5.88. The quantitative estimate of drug-likeness (QED) is 0.857. The van der Waals surface area contributed by atoms with Crippen LogP contribution in [0.1, 0.15) is 32.8 Å². The van der Waals surface area contributed by atoms with E-state index in [9.17, 15) is 5.11 Å². The van der Waals surface area contributed by atoms with E-state index in [1.807, 2.05) is 13.0 Å². The van der Waals surface area contributed by atoms with E-state index in [0.29, 0.717) is 0 Å². The van der Waals surface area contributed by atoms with Gasteiger partial charge in [0.1, 0.15) is 0 Å².